The van der Waals surface area contributed by atoms with Gasteiger partial charge in [0.2, 0.25) is 6.33 Å². The Balaban J connectivity index is 1.92. The SMILES string of the molecule is CCOC(=O)C1(C(=O)OCC)N=C(C)OC1c1ccccc1OCCn1cc[n+](C)c1. The van der Waals surface area contributed by atoms with E-state index in [-0.39, 0.29) is 19.1 Å². The van der Waals surface area contributed by atoms with Crippen molar-refractivity contribution < 1.29 is 33.1 Å². The van der Waals surface area contributed by atoms with E-state index in [4.69, 9.17) is 18.9 Å². The van der Waals surface area contributed by atoms with Gasteiger partial charge in [-0.2, -0.15) is 0 Å². The van der Waals surface area contributed by atoms with Crippen LogP contribution in [0.1, 0.15) is 32.4 Å². The number of benzene rings is 1. The highest BCUT2D eigenvalue weighted by Crippen LogP contribution is 2.43. The van der Waals surface area contributed by atoms with Crippen molar-refractivity contribution >= 4 is 17.8 Å². The van der Waals surface area contributed by atoms with Crippen LogP contribution in [0.4, 0.5) is 0 Å². The predicted molar refractivity (Wildman–Crippen MR) is 110 cm³/mol. The van der Waals surface area contributed by atoms with Gasteiger partial charge in [-0.3, -0.25) is 0 Å². The van der Waals surface area contributed by atoms with Gasteiger partial charge in [0.05, 0.1) is 20.3 Å². The van der Waals surface area contributed by atoms with Crippen LogP contribution in [0.5, 0.6) is 5.75 Å². The molecule has 9 nitrogen and oxygen atoms in total. The minimum Gasteiger partial charge on any atom is -0.489 e. The monoisotopic (exact) mass is 430 g/mol. The summed E-state index contributed by atoms with van der Waals surface area (Å²) in [6.45, 7) is 6.10. The van der Waals surface area contributed by atoms with Crippen molar-refractivity contribution in [1.82, 2.24) is 4.57 Å². The summed E-state index contributed by atoms with van der Waals surface area (Å²) in [5, 5.41) is 0. The molecule has 1 atom stereocenters. The molecule has 0 amide bonds. The topological polar surface area (TPSA) is 92.2 Å². The summed E-state index contributed by atoms with van der Waals surface area (Å²) in [4.78, 5) is 30.2. The highest BCUT2D eigenvalue weighted by Gasteiger charge is 2.61. The number of hydrogen-bond donors (Lipinski definition) is 0. The zero-order valence-corrected chi connectivity index (χ0v) is 18.2. The molecule has 1 unspecified atom stereocenters. The molecule has 1 aromatic heterocycles. The van der Waals surface area contributed by atoms with E-state index in [1.54, 1.807) is 39.0 Å². The van der Waals surface area contributed by atoms with E-state index in [9.17, 15) is 9.59 Å². The summed E-state index contributed by atoms with van der Waals surface area (Å²) in [7, 11) is 1.94. The maximum Gasteiger partial charge on any atom is 0.350 e. The number of aromatic nitrogens is 2. The second-order valence-corrected chi connectivity index (χ2v) is 7.04. The molecular formula is C22H28N3O6+. The van der Waals surface area contributed by atoms with Crippen LogP contribution in [-0.4, -0.2) is 47.8 Å². The Morgan fingerprint density at radius 2 is 1.87 bits per heavy atom. The number of ether oxygens (including phenoxy) is 4. The lowest BCUT2D eigenvalue weighted by atomic mass is 9.87. The van der Waals surface area contributed by atoms with E-state index in [0.717, 1.165) is 0 Å². The largest absolute Gasteiger partial charge is 0.489 e. The minimum atomic E-state index is -1.98. The first-order valence-corrected chi connectivity index (χ1v) is 10.2. The number of rotatable bonds is 9. The Labute approximate surface area is 181 Å². The van der Waals surface area contributed by atoms with Gasteiger partial charge in [-0.05, 0) is 19.9 Å². The van der Waals surface area contributed by atoms with Crippen molar-refractivity contribution in [2.45, 2.75) is 39.0 Å². The van der Waals surface area contributed by atoms with E-state index in [2.05, 4.69) is 4.99 Å². The standard InChI is InChI=1S/C22H28N3O6/c1-5-28-20(26)22(21(27)29-6-2)19(31-16(3)23-22)17-9-7-8-10-18(17)30-14-13-25-12-11-24(4)15-25/h7-12,15,19H,5-6,13-14H2,1-4H3/q+1. The quantitative estimate of drug-likeness (QED) is 0.342. The molecule has 2 aromatic rings. The van der Waals surface area contributed by atoms with Crippen LogP contribution in [0.25, 0.3) is 0 Å². The summed E-state index contributed by atoms with van der Waals surface area (Å²) in [6, 6.07) is 7.11. The van der Waals surface area contributed by atoms with E-state index in [1.807, 2.05) is 41.0 Å². The molecule has 0 spiro atoms. The Bertz CT molecular complexity index is 950. The van der Waals surface area contributed by atoms with Crippen LogP contribution in [-0.2, 0) is 37.4 Å². The number of imidazole rings is 1. The van der Waals surface area contributed by atoms with E-state index in [1.165, 1.54) is 0 Å². The van der Waals surface area contributed by atoms with Gasteiger partial charge in [0, 0.05) is 12.5 Å². The van der Waals surface area contributed by atoms with E-state index >= 15 is 0 Å². The van der Waals surface area contributed by atoms with Gasteiger partial charge in [-0.1, -0.05) is 18.2 Å². The molecular weight excluding hydrogens is 402 g/mol. The average Bonchev–Trinajstić information content (AvgIpc) is 3.32. The van der Waals surface area contributed by atoms with Gasteiger partial charge in [0.1, 0.15) is 31.3 Å². The number of aliphatic imine (C=N–C) groups is 1. The number of aryl methyl sites for hydroxylation is 1. The lowest BCUT2D eigenvalue weighted by Gasteiger charge is -2.28. The molecule has 0 saturated carbocycles. The molecule has 0 N–H and O–H groups in total. The Hall–Kier alpha value is -3.36. The maximum atomic E-state index is 13.0. The van der Waals surface area contributed by atoms with Gasteiger partial charge < -0.3 is 18.9 Å². The average molecular weight is 430 g/mol. The lowest BCUT2D eigenvalue weighted by Crippen LogP contribution is -2.50. The Morgan fingerprint density at radius 3 is 2.48 bits per heavy atom. The van der Waals surface area contributed by atoms with Gasteiger partial charge in [-0.15, -0.1) is 0 Å². The van der Waals surface area contributed by atoms with Crippen molar-refractivity contribution in [3.05, 3.63) is 48.5 Å². The molecule has 0 saturated heterocycles. The molecule has 9 heteroatoms. The first-order chi connectivity index (χ1) is 14.9. The summed E-state index contributed by atoms with van der Waals surface area (Å²) < 4.78 is 26.2. The normalized spacial score (nSPS) is 16.9. The molecule has 0 bridgehead atoms. The molecule has 166 valence electrons. The number of carbonyl (C=O) groups is 2. The fourth-order valence-corrected chi connectivity index (χ4v) is 3.47. The van der Waals surface area contributed by atoms with Crippen molar-refractivity contribution in [3.63, 3.8) is 0 Å². The molecule has 0 radical (unpaired) electrons. The smallest absolute Gasteiger partial charge is 0.350 e. The Kier molecular flexibility index (Phi) is 6.94. The highest BCUT2D eigenvalue weighted by molar-refractivity contribution is 6.09. The summed E-state index contributed by atoms with van der Waals surface area (Å²) in [6.07, 6.45) is 4.76. The lowest BCUT2D eigenvalue weighted by molar-refractivity contribution is -0.671. The second kappa shape index (κ2) is 9.63. The van der Waals surface area contributed by atoms with Crippen molar-refractivity contribution in [2.24, 2.45) is 12.0 Å². The van der Waals surface area contributed by atoms with Crippen molar-refractivity contribution in [3.8, 4) is 5.75 Å². The summed E-state index contributed by atoms with van der Waals surface area (Å²) in [5.74, 6) is -0.942. The van der Waals surface area contributed by atoms with Gasteiger partial charge in [0.25, 0.3) is 5.54 Å². The van der Waals surface area contributed by atoms with E-state index in [0.29, 0.717) is 24.5 Å². The highest BCUT2D eigenvalue weighted by atomic mass is 16.6. The van der Waals surface area contributed by atoms with Crippen LogP contribution in [0.15, 0.2) is 48.0 Å². The number of hydrogen-bond acceptors (Lipinski definition) is 7. The number of carbonyl (C=O) groups excluding carboxylic acids is 2. The summed E-state index contributed by atoms with van der Waals surface area (Å²) in [5.41, 5.74) is -1.47. The summed E-state index contributed by atoms with van der Waals surface area (Å²) >= 11 is 0. The molecule has 3 rings (SSSR count). The Morgan fingerprint density at radius 1 is 1.19 bits per heavy atom. The molecule has 1 aliphatic heterocycles. The predicted octanol–water partition coefficient (Wildman–Crippen LogP) is 1.75. The second-order valence-electron chi connectivity index (χ2n) is 7.04. The van der Waals surface area contributed by atoms with Crippen LogP contribution in [0, 0.1) is 0 Å². The third-order valence-corrected chi connectivity index (χ3v) is 4.81. The molecule has 0 fully saturated rings. The fourth-order valence-electron chi connectivity index (χ4n) is 3.47. The zero-order valence-electron chi connectivity index (χ0n) is 18.2. The first-order valence-electron chi connectivity index (χ1n) is 10.2. The van der Waals surface area contributed by atoms with Crippen LogP contribution >= 0.6 is 0 Å². The van der Waals surface area contributed by atoms with Gasteiger partial charge in [0.15, 0.2) is 12.0 Å². The fraction of sp³-hybridized carbons (Fsp3) is 0.455. The molecule has 1 aliphatic rings. The maximum absolute atomic E-state index is 13.0. The van der Waals surface area contributed by atoms with Crippen LogP contribution < -0.4 is 9.30 Å². The van der Waals surface area contributed by atoms with Crippen molar-refractivity contribution in [1.29, 1.82) is 0 Å². The number of para-hydroxylation sites is 1. The molecule has 1 aromatic carbocycles. The zero-order chi connectivity index (χ0) is 22.4. The van der Waals surface area contributed by atoms with Crippen LogP contribution in [0.2, 0.25) is 0 Å². The molecule has 0 aliphatic carbocycles. The number of nitrogens with zero attached hydrogens (tertiary/aromatic N) is 3. The first kappa shape index (κ1) is 22.3. The van der Waals surface area contributed by atoms with Gasteiger partial charge in [-0.25, -0.2) is 23.7 Å². The van der Waals surface area contributed by atoms with Gasteiger partial charge >= 0.3 is 11.9 Å². The number of esters is 2. The third-order valence-electron chi connectivity index (χ3n) is 4.81. The molecule has 31 heavy (non-hydrogen) atoms. The molecule has 2 heterocycles. The van der Waals surface area contributed by atoms with E-state index < -0.39 is 23.6 Å². The van der Waals surface area contributed by atoms with Crippen molar-refractivity contribution in [2.75, 3.05) is 19.8 Å². The minimum absolute atomic E-state index is 0.0910. The third kappa shape index (κ3) is 4.55. The van der Waals surface area contributed by atoms with Crippen LogP contribution in [0.3, 0.4) is 0 Å².